The summed E-state index contributed by atoms with van der Waals surface area (Å²) >= 11 is 1.59. The average Bonchev–Trinajstić information content (AvgIpc) is 3.18. The molecular formula is C14H12N4O2S. The van der Waals surface area contributed by atoms with E-state index in [-0.39, 0.29) is 17.3 Å². The second-order valence-corrected chi connectivity index (χ2v) is 5.86. The van der Waals surface area contributed by atoms with Gasteiger partial charge in [0.25, 0.3) is 5.69 Å². The topological polar surface area (TPSA) is 91.8 Å². The number of nitrogens with zero attached hydrogens (tertiary/aromatic N) is 3. The van der Waals surface area contributed by atoms with Gasteiger partial charge in [-0.1, -0.05) is 0 Å². The van der Waals surface area contributed by atoms with Crippen LogP contribution in [0.25, 0.3) is 0 Å². The molecule has 1 aromatic heterocycles. The Morgan fingerprint density at radius 3 is 2.90 bits per heavy atom. The van der Waals surface area contributed by atoms with E-state index in [0.717, 1.165) is 17.8 Å². The summed E-state index contributed by atoms with van der Waals surface area (Å²) in [6.45, 7) is 0. The van der Waals surface area contributed by atoms with Gasteiger partial charge in [-0.05, 0) is 30.9 Å². The lowest BCUT2D eigenvalue weighted by Gasteiger charge is -2.17. The number of nitriles is 1. The highest BCUT2D eigenvalue weighted by Gasteiger charge is 2.34. The van der Waals surface area contributed by atoms with Gasteiger partial charge in [-0.2, -0.15) is 5.26 Å². The maximum atomic E-state index is 10.8. The zero-order valence-electron chi connectivity index (χ0n) is 11.0. The van der Waals surface area contributed by atoms with Gasteiger partial charge in [-0.3, -0.25) is 10.1 Å². The van der Waals surface area contributed by atoms with E-state index >= 15 is 0 Å². The molecule has 7 heteroatoms. The van der Waals surface area contributed by atoms with Crippen LogP contribution >= 0.6 is 11.3 Å². The van der Waals surface area contributed by atoms with Crippen LogP contribution in [0.5, 0.6) is 0 Å². The first kappa shape index (κ1) is 13.5. The van der Waals surface area contributed by atoms with Gasteiger partial charge in [-0.15, -0.1) is 11.3 Å². The lowest BCUT2D eigenvalue weighted by Crippen LogP contribution is -2.12. The fraction of sp³-hybridized carbons (Fsp3) is 0.286. The van der Waals surface area contributed by atoms with Crippen molar-refractivity contribution in [2.24, 2.45) is 5.92 Å². The summed E-state index contributed by atoms with van der Waals surface area (Å²) in [4.78, 5) is 14.6. The van der Waals surface area contributed by atoms with Gasteiger partial charge in [0.2, 0.25) is 0 Å². The molecular weight excluding hydrogens is 288 g/mol. The van der Waals surface area contributed by atoms with Crippen molar-refractivity contribution in [2.45, 2.75) is 18.9 Å². The van der Waals surface area contributed by atoms with Crippen molar-refractivity contribution in [1.82, 2.24) is 4.98 Å². The summed E-state index contributed by atoms with van der Waals surface area (Å²) in [5.74, 6) is 0.539. The summed E-state index contributed by atoms with van der Waals surface area (Å²) in [6.07, 6.45) is 4.07. The number of aromatic nitrogens is 1. The minimum atomic E-state index is -0.540. The molecule has 0 amide bonds. The van der Waals surface area contributed by atoms with Gasteiger partial charge in [0.15, 0.2) is 0 Å². The van der Waals surface area contributed by atoms with E-state index in [1.807, 2.05) is 11.4 Å². The lowest BCUT2D eigenvalue weighted by molar-refractivity contribution is -0.385. The third kappa shape index (κ3) is 2.85. The van der Waals surface area contributed by atoms with E-state index in [4.69, 9.17) is 5.26 Å². The Balaban J connectivity index is 1.87. The first-order valence-corrected chi connectivity index (χ1v) is 7.41. The van der Waals surface area contributed by atoms with E-state index in [0.29, 0.717) is 11.6 Å². The molecule has 2 aromatic rings. The number of rotatable bonds is 5. The maximum absolute atomic E-state index is 10.8. The monoisotopic (exact) mass is 300 g/mol. The molecule has 21 heavy (non-hydrogen) atoms. The Labute approximate surface area is 125 Å². The van der Waals surface area contributed by atoms with Crippen molar-refractivity contribution in [2.75, 3.05) is 5.32 Å². The molecule has 1 atom stereocenters. The molecule has 0 spiro atoms. The molecule has 1 N–H and O–H groups in total. The summed E-state index contributed by atoms with van der Waals surface area (Å²) in [5, 5.41) is 26.2. The molecule has 0 bridgehead atoms. The second kappa shape index (κ2) is 5.50. The molecule has 1 aromatic carbocycles. The molecule has 1 aliphatic carbocycles. The summed E-state index contributed by atoms with van der Waals surface area (Å²) < 4.78 is 0. The smallest absolute Gasteiger partial charge is 0.287 e. The number of hydrogen-bond acceptors (Lipinski definition) is 6. The molecule has 0 saturated heterocycles. The normalized spacial score (nSPS) is 15.2. The van der Waals surface area contributed by atoms with Crippen molar-refractivity contribution in [3.8, 4) is 6.07 Å². The van der Waals surface area contributed by atoms with Gasteiger partial charge >= 0.3 is 0 Å². The molecule has 1 aliphatic rings. The highest BCUT2D eigenvalue weighted by molar-refractivity contribution is 7.09. The minimum absolute atomic E-state index is 0.0682. The van der Waals surface area contributed by atoms with Crippen molar-refractivity contribution >= 4 is 22.7 Å². The van der Waals surface area contributed by atoms with E-state index in [2.05, 4.69) is 10.3 Å². The highest BCUT2D eigenvalue weighted by Crippen LogP contribution is 2.43. The highest BCUT2D eigenvalue weighted by atomic mass is 32.1. The van der Waals surface area contributed by atoms with Crippen molar-refractivity contribution in [3.63, 3.8) is 0 Å². The van der Waals surface area contributed by atoms with Crippen LogP contribution in [0.15, 0.2) is 29.8 Å². The van der Waals surface area contributed by atoms with Crippen molar-refractivity contribution in [3.05, 3.63) is 50.5 Å². The van der Waals surface area contributed by atoms with Gasteiger partial charge < -0.3 is 5.32 Å². The van der Waals surface area contributed by atoms with E-state index in [1.54, 1.807) is 23.6 Å². The number of hydrogen-bond donors (Lipinski definition) is 1. The number of anilines is 1. The molecule has 1 heterocycles. The number of nitro groups is 1. The van der Waals surface area contributed by atoms with Crippen LogP contribution < -0.4 is 5.32 Å². The quantitative estimate of drug-likeness (QED) is 0.674. The van der Waals surface area contributed by atoms with Crippen molar-refractivity contribution in [1.29, 1.82) is 5.26 Å². The molecule has 1 saturated carbocycles. The van der Waals surface area contributed by atoms with E-state index < -0.39 is 4.92 Å². The lowest BCUT2D eigenvalue weighted by atomic mass is 10.1. The van der Waals surface area contributed by atoms with Crippen LogP contribution in [0.2, 0.25) is 0 Å². The van der Waals surface area contributed by atoms with Gasteiger partial charge in [0, 0.05) is 23.3 Å². The van der Waals surface area contributed by atoms with Gasteiger partial charge in [0.1, 0.15) is 16.6 Å². The molecule has 0 unspecified atom stereocenters. The van der Waals surface area contributed by atoms with Crippen LogP contribution in [0.1, 0.15) is 29.5 Å². The minimum Gasteiger partial charge on any atom is -0.375 e. The maximum Gasteiger partial charge on any atom is 0.287 e. The third-order valence-electron chi connectivity index (χ3n) is 3.45. The summed E-state index contributed by atoms with van der Waals surface area (Å²) in [5.41, 5.74) is 0.614. The zero-order valence-corrected chi connectivity index (χ0v) is 11.8. The second-order valence-electron chi connectivity index (χ2n) is 4.93. The van der Waals surface area contributed by atoms with E-state index in [1.165, 1.54) is 12.1 Å². The largest absolute Gasteiger partial charge is 0.375 e. The summed E-state index contributed by atoms with van der Waals surface area (Å²) in [7, 11) is 0. The predicted molar refractivity (Wildman–Crippen MR) is 79.0 cm³/mol. The van der Waals surface area contributed by atoms with E-state index in [9.17, 15) is 10.1 Å². The fourth-order valence-electron chi connectivity index (χ4n) is 2.25. The fourth-order valence-corrected chi connectivity index (χ4v) is 3.03. The van der Waals surface area contributed by atoms with Crippen LogP contribution in [-0.4, -0.2) is 9.91 Å². The van der Waals surface area contributed by atoms with Crippen molar-refractivity contribution < 1.29 is 4.92 Å². The van der Waals surface area contributed by atoms with Crippen LogP contribution in [0, 0.1) is 27.4 Å². The Morgan fingerprint density at radius 1 is 1.52 bits per heavy atom. The Kier molecular flexibility index (Phi) is 3.54. The number of benzene rings is 1. The van der Waals surface area contributed by atoms with Gasteiger partial charge in [-0.25, -0.2) is 4.98 Å². The standard InChI is InChI=1S/C14H12N4O2S/c15-8-10-7-11(3-4-12(10)18(19)20)17-13(9-1-2-9)14-16-5-6-21-14/h3-7,9,13,17H,1-2H2/t13-/m1/s1. The summed E-state index contributed by atoms with van der Waals surface area (Å²) in [6, 6.07) is 6.52. The number of nitrogens with one attached hydrogen (secondary N) is 1. The first-order chi connectivity index (χ1) is 10.2. The molecule has 106 valence electrons. The Morgan fingerprint density at radius 2 is 2.33 bits per heavy atom. The third-order valence-corrected chi connectivity index (χ3v) is 4.31. The van der Waals surface area contributed by atoms with Crippen LogP contribution in [0.4, 0.5) is 11.4 Å². The molecule has 0 aliphatic heterocycles. The SMILES string of the molecule is N#Cc1cc(N[C@@H](c2nccs2)C2CC2)ccc1[N+](=O)[O-]. The first-order valence-electron chi connectivity index (χ1n) is 6.53. The van der Waals surface area contributed by atoms with Crippen LogP contribution in [0.3, 0.4) is 0 Å². The molecule has 1 fully saturated rings. The Bertz CT molecular complexity index is 704. The molecule has 3 rings (SSSR count). The van der Waals surface area contributed by atoms with Gasteiger partial charge in [0.05, 0.1) is 11.0 Å². The number of thiazole rings is 1. The predicted octanol–water partition coefficient (Wildman–Crippen LogP) is 3.49. The molecule has 6 nitrogen and oxygen atoms in total. The Hall–Kier alpha value is -2.46. The number of nitro benzene ring substituents is 1. The average molecular weight is 300 g/mol. The van der Waals surface area contributed by atoms with Crippen LogP contribution in [-0.2, 0) is 0 Å². The zero-order chi connectivity index (χ0) is 14.8. The molecule has 0 radical (unpaired) electrons.